The van der Waals surface area contributed by atoms with Gasteiger partial charge in [0.2, 0.25) is 0 Å². The van der Waals surface area contributed by atoms with Crippen molar-refractivity contribution >= 4 is 40.0 Å². The molecular formula is C24H34ClN5O3S. The van der Waals surface area contributed by atoms with Crippen molar-refractivity contribution in [3.8, 4) is 5.75 Å². The fourth-order valence-corrected chi connectivity index (χ4v) is 6.07. The third kappa shape index (κ3) is 5.05. The van der Waals surface area contributed by atoms with Gasteiger partial charge in [0, 0.05) is 30.1 Å². The molecule has 0 spiro atoms. The Hall–Kier alpha value is -2.26. The summed E-state index contributed by atoms with van der Waals surface area (Å²) in [5.41, 5.74) is 2.88. The molecule has 10 heteroatoms. The maximum atomic E-state index is 13.2. The van der Waals surface area contributed by atoms with E-state index in [4.69, 9.17) is 21.4 Å². The highest BCUT2D eigenvalue weighted by atomic mass is 35.5. The number of benzene rings is 1. The van der Waals surface area contributed by atoms with E-state index < -0.39 is 11.0 Å². The van der Waals surface area contributed by atoms with Crippen LogP contribution in [0.15, 0.2) is 34.7 Å². The summed E-state index contributed by atoms with van der Waals surface area (Å²) in [6.07, 6.45) is 6.24. The van der Waals surface area contributed by atoms with Crippen molar-refractivity contribution in [3.05, 3.63) is 35.2 Å². The predicted octanol–water partition coefficient (Wildman–Crippen LogP) is 3.97. The highest BCUT2D eigenvalue weighted by molar-refractivity contribution is 7.86. The van der Waals surface area contributed by atoms with Crippen LogP contribution < -0.4 is 14.8 Å². The number of hydrazone groups is 1. The number of rotatable bonds is 10. The number of hydrogen-bond acceptors (Lipinski definition) is 6. The average Bonchev–Trinajstić information content (AvgIpc) is 3.43. The summed E-state index contributed by atoms with van der Waals surface area (Å²) in [5, 5.41) is 9.83. The van der Waals surface area contributed by atoms with E-state index in [0.717, 1.165) is 25.0 Å². The highest BCUT2D eigenvalue weighted by Crippen LogP contribution is 2.40. The number of carbonyl (C=O) groups excluding carboxylic acids is 1. The number of fused-ring (bicyclic) bond motifs is 1. The molecule has 186 valence electrons. The third-order valence-electron chi connectivity index (χ3n) is 6.62. The smallest absolute Gasteiger partial charge is 0.276 e. The lowest BCUT2D eigenvalue weighted by atomic mass is 10.0. The number of amides is 1. The molecule has 1 saturated carbocycles. The second-order valence-electron chi connectivity index (χ2n) is 9.00. The summed E-state index contributed by atoms with van der Waals surface area (Å²) in [5.74, 6) is 2.30. The third-order valence-corrected chi connectivity index (χ3v) is 8.01. The summed E-state index contributed by atoms with van der Waals surface area (Å²) in [6.45, 7) is 4.57. The van der Waals surface area contributed by atoms with E-state index in [1.807, 2.05) is 44.1 Å². The van der Waals surface area contributed by atoms with Crippen LogP contribution in [0.1, 0.15) is 57.9 Å². The zero-order valence-corrected chi connectivity index (χ0v) is 21.7. The molecule has 2 aliphatic heterocycles. The zero-order valence-electron chi connectivity index (χ0n) is 20.1. The number of nitrogens with one attached hydrogen (secondary N) is 2. The van der Waals surface area contributed by atoms with Crippen LogP contribution in [0.2, 0.25) is 0 Å². The summed E-state index contributed by atoms with van der Waals surface area (Å²) in [4.78, 5) is 15.4. The zero-order chi connectivity index (χ0) is 24.2. The van der Waals surface area contributed by atoms with Crippen molar-refractivity contribution in [2.75, 3.05) is 30.0 Å². The van der Waals surface area contributed by atoms with E-state index in [0.29, 0.717) is 59.1 Å². The Morgan fingerprint density at radius 2 is 2.09 bits per heavy atom. The van der Waals surface area contributed by atoms with Gasteiger partial charge in [-0.05, 0) is 56.7 Å². The van der Waals surface area contributed by atoms with Crippen LogP contribution in [0.25, 0.3) is 0 Å². The Bertz CT molecular complexity index is 1010. The van der Waals surface area contributed by atoms with Gasteiger partial charge in [-0.2, -0.15) is 5.10 Å². The van der Waals surface area contributed by atoms with Crippen molar-refractivity contribution in [2.45, 2.75) is 58.5 Å². The number of anilines is 1. The molecule has 8 nitrogen and oxygen atoms in total. The molecule has 1 aromatic carbocycles. The molecule has 0 saturated heterocycles. The Morgan fingerprint density at radius 1 is 1.32 bits per heavy atom. The van der Waals surface area contributed by atoms with Gasteiger partial charge in [0.15, 0.2) is 5.84 Å². The quantitative estimate of drug-likeness (QED) is 0.468. The number of allylic oxidation sites excluding steroid dienone is 1. The maximum Gasteiger partial charge on any atom is 0.276 e. The minimum atomic E-state index is -1.25. The van der Waals surface area contributed by atoms with E-state index in [1.165, 1.54) is 12.8 Å². The molecule has 2 heterocycles. The lowest BCUT2D eigenvalue weighted by Crippen LogP contribution is -2.48. The summed E-state index contributed by atoms with van der Waals surface area (Å²) < 4.78 is 21.4. The van der Waals surface area contributed by atoms with Crippen molar-refractivity contribution in [3.63, 3.8) is 0 Å². The Morgan fingerprint density at radius 3 is 2.79 bits per heavy atom. The van der Waals surface area contributed by atoms with Gasteiger partial charge in [-0.15, -0.1) is 11.6 Å². The van der Waals surface area contributed by atoms with Crippen LogP contribution in [0.4, 0.5) is 5.69 Å². The van der Waals surface area contributed by atoms with Crippen LogP contribution in [0.5, 0.6) is 5.75 Å². The molecule has 2 N–H and O–H groups in total. The van der Waals surface area contributed by atoms with Crippen LogP contribution in [0.3, 0.4) is 0 Å². The number of amidine groups is 1. The van der Waals surface area contributed by atoms with Crippen LogP contribution in [-0.2, 0) is 15.8 Å². The second kappa shape index (κ2) is 11.0. The summed E-state index contributed by atoms with van der Waals surface area (Å²) in [7, 11) is 0.793. The number of ether oxygens (including phenoxy) is 1. The first-order valence-corrected chi connectivity index (χ1v) is 13.9. The largest absolute Gasteiger partial charge is 0.493 e. The van der Waals surface area contributed by atoms with Crippen LogP contribution in [-0.4, -0.2) is 57.3 Å². The molecule has 1 fully saturated rings. The highest BCUT2D eigenvalue weighted by Gasteiger charge is 2.45. The maximum absolute atomic E-state index is 13.2. The van der Waals surface area contributed by atoms with Gasteiger partial charge in [-0.25, -0.2) is 9.22 Å². The minimum Gasteiger partial charge on any atom is -0.493 e. The molecule has 4 rings (SSSR count). The molecule has 1 aliphatic carbocycles. The van der Waals surface area contributed by atoms with Crippen molar-refractivity contribution in [1.82, 2.24) is 15.2 Å². The lowest BCUT2D eigenvalue weighted by Gasteiger charge is -2.35. The molecule has 2 atom stereocenters. The molecule has 1 aromatic rings. The normalized spacial score (nSPS) is 21.5. The Balaban J connectivity index is 1.69. The van der Waals surface area contributed by atoms with Crippen LogP contribution in [0, 0.1) is 5.92 Å². The van der Waals surface area contributed by atoms with Gasteiger partial charge >= 0.3 is 0 Å². The molecule has 3 aliphatic rings. The second-order valence-corrected chi connectivity index (χ2v) is 10.7. The van der Waals surface area contributed by atoms with Gasteiger partial charge in [-0.1, -0.05) is 19.8 Å². The molecule has 0 bridgehead atoms. The monoisotopic (exact) mass is 507 g/mol. The number of alkyl halides is 1. The van der Waals surface area contributed by atoms with Crippen molar-refractivity contribution in [2.24, 2.45) is 11.0 Å². The molecule has 0 radical (unpaired) electrons. The van der Waals surface area contributed by atoms with Crippen LogP contribution >= 0.6 is 11.6 Å². The fourth-order valence-electron chi connectivity index (χ4n) is 4.88. The molecule has 34 heavy (non-hydrogen) atoms. The Labute approximate surface area is 209 Å². The standard InChI is InChI=1S/C24H34ClN5O3S/c1-4-13-33-20-11-10-18(28-34(32)14-7-12-25)15-19(20)22-26-23(31)21-16(2)29(3)24(30(21)27-22)17-8-5-6-9-17/h10-11,15,17,24,28H,4-9,12-14H2,1-3H3,(H,26,27,31). The number of carbonyl (C=O) groups is 1. The van der Waals surface area contributed by atoms with E-state index in [-0.39, 0.29) is 12.1 Å². The summed E-state index contributed by atoms with van der Waals surface area (Å²) >= 11 is 5.74. The molecule has 0 aromatic heterocycles. The van der Waals surface area contributed by atoms with Crippen molar-refractivity contribution in [1.29, 1.82) is 0 Å². The first kappa shape index (κ1) is 24.9. The first-order chi connectivity index (χ1) is 16.4. The molecule has 1 amide bonds. The van der Waals surface area contributed by atoms with Crippen molar-refractivity contribution < 1.29 is 13.7 Å². The van der Waals surface area contributed by atoms with E-state index in [1.54, 1.807) is 0 Å². The molecule has 2 unspecified atom stereocenters. The lowest BCUT2D eigenvalue weighted by molar-refractivity contribution is -0.118. The minimum absolute atomic E-state index is 0.0305. The van der Waals surface area contributed by atoms with Gasteiger partial charge in [0.1, 0.15) is 28.6 Å². The predicted molar refractivity (Wildman–Crippen MR) is 137 cm³/mol. The summed E-state index contributed by atoms with van der Waals surface area (Å²) in [6, 6.07) is 5.51. The van der Waals surface area contributed by atoms with Gasteiger partial charge < -0.3 is 19.7 Å². The van der Waals surface area contributed by atoms with E-state index in [9.17, 15) is 9.00 Å². The van der Waals surface area contributed by atoms with E-state index in [2.05, 4.69) is 14.9 Å². The average molecular weight is 508 g/mol. The van der Waals surface area contributed by atoms with Gasteiger partial charge in [-0.3, -0.25) is 4.79 Å². The number of nitrogens with zero attached hydrogens (tertiary/aromatic N) is 3. The van der Waals surface area contributed by atoms with Gasteiger partial charge in [0.25, 0.3) is 5.91 Å². The SMILES string of the molecule is CCCOc1ccc(NS(=O)CCCCl)cc1C1=NN2C(=C(C)N(C)C2C2CCCC2)C(=O)N1. The fraction of sp³-hybridized carbons (Fsp3) is 0.583. The molecular weight excluding hydrogens is 474 g/mol. The first-order valence-electron chi connectivity index (χ1n) is 12.1. The number of hydrogen-bond donors (Lipinski definition) is 2. The topological polar surface area (TPSA) is 86.3 Å². The van der Waals surface area contributed by atoms with E-state index >= 15 is 0 Å². The van der Waals surface area contributed by atoms with Gasteiger partial charge in [0.05, 0.1) is 12.2 Å². The Kier molecular flexibility index (Phi) is 8.03. The number of halogens is 1.